The van der Waals surface area contributed by atoms with E-state index in [0.717, 1.165) is 12.2 Å². The highest BCUT2D eigenvalue weighted by Crippen LogP contribution is 2.32. The van der Waals surface area contributed by atoms with Crippen molar-refractivity contribution in [3.8, 4) is 0 Å². The van der Waals surface area contributed by atoms with Gasteiger partial charge >= 0.3 is 26.7 Å². The molecular formula is C25H42O9Si. The van der Waals surface area contributed by atoms with Gasteiger partial charge < -0.3 is 27.5 Å². The van der Waals surface area contributed by atoms with Crippen molar-refractivity contribution in [2.45, 2.75) is 71.4 Å². The van der Waals surface area contributed by atoms with Crippen LogP contribution in [0.3, 0.4) is 0 Å². The standard InChI is InChI=1S/C25H42O9Si/c1-8-22(26)29-17-12-15-25(7,16-13-18-31-24(28)21(5)6)34-35(32-10-3,33-11-4)20-14-19-30-23(27)9-2/h8-9H,1-2,5,10-20H2,3-4,6-7H3. The van der Waals surface area contributed by atoms with Gasteiger partial charge in [0, 0.05) is 37.0 Å². The maximum atomic E-state index is 11.7. The van der Waals surface area contributed by atoms with Gasteiger partial charge in [0.25, 0.3) is 0 Å². The zero-order valence-corrected chi connectivity index (χ0v) is 22.7. The highest BCUT2D eigenvalue weighted by molar-refractivity contribution is 6.60. The van der Waals surface area contributed by atoms with E-state index in [1.807, 2.05) is 20.8 Å². The first-order valence-corrected chi connectivity index (χ1v) is 13.9. The van der Waals surface area contributed by atoms with Crippen LogP contribution in [0, 0.1) is 0 Å². The van der Waals surface area contributed by atoms with Gasteiger partial charge in [-0.25, -0.2) is 14.4 Å². The lowest BCUT2D eigenvalue weighted by Gasteiger charge is -2.39. The Morgan fingerprint density at radius 2 is 1.29 bits per heavy atom. The molecule has 0 radical (unpaired) electrons. The molecule has 0 fully saturated rings. The van der Waals surface area contributed by atoms with Crippen molar-refractivity contribution in [1.82, 2.24) is 0 Å². The average Bonchev–Trinajstić information content (AvgIpc) is 2.82. The molecule has 0 aromatic carbocycles. The Bertz CT molecular complexity index is 701. The van der Waals surface area contributed by atoms with E-state index in [-0.39, 0.29) is 19.8 Å². The van der Waals surface area contributed by atoms with Gasteiger partial charge in [0.05, 0.1) is 25.4 Å². The summed E-state index contributed by atoms with van der Waals surface area (Å²) in [5.41, 5.74) is -0.366. The molecule has 1 atom stereocenters. The lowest BCUT2D eigenvalue weighted by atomic mass is 9.95. The van der Waals surface area contributed by atoms with Gasteiger partial charge in [0.1, 0.15) is 0 Å². The van der Waals surface area contributed by atoms with Gasteiger partial charge in [-0.3, -0.25) is 0 Å². The molecule has 0 amide bonds. The van der Waals surface area contributed by atoms with Crippen LogP contribution < -0.4 is 0 Å². The fraction of sp³-hybridized carbons (Fsp3) is 0.640. The number of hydrogen-bond donors (Lipinski definition) is 0. The number of hydrogen-bond acceptors (Lipinski definition) is 9. The van der Waals surface area contributed by atoms with E-state index in [9.17, 15) is 14.4 Å². The van der Waals surface area contributed by atoms with Gasteiger partial charge in [-0.15, -0.1) is 0 Å². The highest BCUT2D eigenvalue weighted by Gasteiger charge is 2.46. The molecule has 9 nitrogen and oxygen atoms in total. The zero-order chi connectivity index (χ0) is 26.7. The van der Waals surface area contributed by atoms with Crippen LogP contribution in [0.2, 0.25) is 6.04 Å². The minimum absolute atomic E-state index is 0.189. The molecule has 0 spiro atoms. The van der Waals surface area contributed by atoms with Crippen LogP contribution in [0.15, 0.2) is 37.5 Å². The third-order valence-corrected chi connectivity index (χ3v) is 8.09. The topological polar surface area (TPSA) is 107 Å². The summed E-state index contributed by atoms with van der Waals surface area (Å²) in [4.78, 5) is 34.4. The Labute approximate surface area is 210 Å². The molecule has 0 N–H and O–H groups in total. The summed E-state index contributed by atoms with van der Waals surface area (Å²) in [6.07, 6.45) is 4.91. The third-order valence-electron chi connectivity index (χ3n) is 4.86. The predicted octanol–water partition coefficient (Wildman–Crippen LogP) is 4.30. The molecule has 0 aliphatic carbocycles. The van der Waals surface area contributed by atoms with Gasteiger partial charge in [-0.1, -0.05) is 19.7 Å². The Kier molecular flexibility index (Phi) is 16.9. The van der Waals surface area contributed by atoms with Gasteiger partial charge in [-0.2, -0.15) is 0 Å². The van der Waals surface area contributed by atoms with Crippen LogP contribution in [-0.4, -0.2) is 65.3 Å². The molecular weight excluding hydrogens is 472 g/mol. The number of carbonyl (C=O) groups is 3. The molecule has 10 heteroatoms. The summed E-state index contributed by atoms with van der Waals surface area (Å²) >= 11 is 0. The van der Waals surface area contributed by atoms with Crippen LogP contribution in [0.4, 0.5) is 0 Å². The van der Waals surface area contributed by atoms with Crippen molar-refractivity contribution in [1.29, 1.82) is 0 Å². The lowest BCUT2D eigenvalue weighted by Crippen LogP contribution is -2.52. The Balaban J connectivity index is 5.42. The molecule has 1 unspecified atom stereocenters. The molecule has 0 rings (SSSR count). The second-order valence-electron chi connectivity index (χ2n) is 8.07. The first-order valence-electron chi connectivity index (χ1n) is 12.0. The number of ether oxygens (including phenoxy) is 3. The maximum Gasteiger partial charge on any atom is 0.501 e. The molecule has 0 saturated carbocycles. The van der Waals surface area contributed by atoms with Crippen LogP contribution in [0.25, 0.3) is 0 Å². The average molecular weight is 515 g/mol. The van der Waals surface area contributed by atoms with Crippen molar-refractivity contribution in [2.24, 2.45) is 0 Å². The molecule has 0 bridgehead atoms. The van der Waals surface area contributed by atoms with Crippen LogP contribution >= 0.6 is 0 Å². The van der Waals surface area contributed by atoms with E-state index >= 15 is 0 Å². The summed E-state index contributed by atoms with van der Waals surface area (Å²) < 4.78 is 34.2. The zero-order valence-electron chi connectivity index (χ0n) is 21.7. The minimum atomic E-state index is -3.16. The quantitative estimate of drug-likeness (QED) is 0.0728. The molecule has 0 heterocycles. The monoisotopic (exact) mass is 514 g/mol. The fourth-order valence-corrected chi connectivity index (χ4v) is 6.27. The normalized spacial score (nSPS) is 12.8. The van der Waals surface area contributed by atoms with E-state index in [2.05, 4.69) is 19.7 Å². The maximum absolute atomic E-state index is 11.7. The summed E-state index contributed by atoms with van der Waals surface area (Å²) in [6, 6.07) is 0.449. The Morgan fingerprint density at radius 1 is 0.829 bits per heavy atom. The molecule has 0 aliphatic rings. The van der Waals surface area contributed by atoms with Gasteiger partial charge in [0.15, 0.2) is 0 Å². The number of rotatable bonds is 21. The van der Waals surface area contributed by atoms with Crippen molar-refractivity contribution in [2.75, 3.05) is 33.0 Å². The smallest absolute Gasteiger partial charge is 0.463 e. The second kappa shape index (κ2) is 18.1. The van der Waals surface area contributed by atoms with Crippen LogP contribution in [0.5, 0.6) is 0 Å². The van der Waals surface area contributed by atoms with Crippen LogP contribution in [0.1, 0.15) is 59.8 Å². The Morgan fingerprint density at radius 3 is 1.71 bits per heavy atom. The van der Waals surface area contributed by atoms with Crippen molar-refractivity contribution < 1.29 is 41.9 Å². The molecule has 0 aromatic rings. The third kappa shape index (κ3) is 14.7. The highest BCUT2D eigenvalue weighted by atomic mass is 28.4. The van der Waals surface area contributed by atoms with Gasteiger partial charge in [0.2, 0.25) is 0 Å². The largest absolute Gasteiger partial charge is 0.501 e. The minimum Gasteiger partial charge on any atom is -0.463 e. The molecule has 200 valence electrons. The first kappa shape index (κ1) is 32.7. The number of esters is 3. The number of carbonyl (C=O) groups excluding carboxylic acids is 3. The molecule has 35 heavy (non-hydrogen) atoms. The summed E-state index contributed by atoms with van der Waals surface area (Å²) in [5, 5.41) is 0. The SMILES string of the molecule is C=CC(=O)OCCCC(C)(CCCOC(=O)C(=C)C)O[Si](CCCOC(=O)C=C)(OCC)OCC. The van der Waals surface area contributed by atoms with Gasteiger partial charge in [-0.05, 0) is 59.8 Å². The second-order valence-corrected chi connectivity index (χ2v) is 10.7. The molecule has 0 saturated heterocycles. The summed E-state index contributed by atoms with van der Waals surface area (Å²) in [7, 11) is -3.16. The Hall–Kier alpha value is -2.27. The van der Waals surface area contributed by atoms with E-state index in [0.29, 0.717) is 56.9 Å². The lowest BCUT2D eigenvalue weighted by molar-refractivity contribution is -0.139. The summed E-state index contributed by atoms with van der Waals surface area (Å²) in [6.45, 7) is 19.0. The van der Waals surface area contributed by atoms with Crippen molar-refractivity contribution >= 4 is 26.7 Å². The molecule has 0 aliphatic heterocycles. The predicted molar refractivity (Wildman–Crippen MR) is 134 cm³/mol. The first-order chi connectivity index (χ1) is 16.6. The van der Waals surface area contributed by atoms with E-state index in [1.54, 1.807) is 6.92 Å². The summed E-state index contributed by atoms with van der Waals surface area (Å²) in [5.74, 6) is -1.42. The van der Waals surface area contributed by atoms with Crippen molar-refractivity contribution in [3.63, 3.8) is 0 Å². The fourth-order valence-electron chi connectivity index (χ4n) is 3.27. The van der Waals surface area contributed by atoms with E-state index in [4.69, 9.17) is 27.5 Å². The van der Waals surface area contributed by atoms with Crippen molar-refractivity contribution in [3.05, 3.63) is 37.5 Å². The van der Waals surface area contributed by atoms with E-state index < -0.39 is 32.3 Å². The molecule has 0 aromatic heterocycles. The van der Waals surface area contributed by atoms with Crippen LogP contribution in [-0.2, 0) is 41.9 Å². The van der Waals surface area contributed by atoms with E-state index in [1.165, 1.54) is 0 Å².